The van der Waals surface area contributed by atoms with Crippen LogP contribution in [0.5, 0.6) is 5.75 Å². The van der Waals surface area contributed by atoms with E-state index in [4.69, 9.17) is 5.11 Å². The van der Waals surface area contributed by atoms with Crippen molar-refractivity contribution in [1.82, 2.24) is 19.7 Å². The molecule has 0 bridgehead atoms. The number of aliphatic hydroxyl groups excluding tert-OH is 1. The molecule has 0 unspecified atom stereocenters. The summed E-state index contributed by atoms with van der Waals surface area (Å²) >= 11 is 0. The number of benzene rings is 1. The minimum absolute atomic E-state index is 0.144. The summed E-state index contributed by atoms with van der Waals surface area (Å²) in [6.45, 7) is 0.514. The average molecular weight is 443 g/mol. The number of amides is 1. The number of likely N-dealkylation sites (tertiary alicyclic amines) is 1. The van der Waals surface area contributed by atoms with Crippen LogP contribution in [-0.2, 0) is 4.79 Å². The Labute approximate surface area is 179 Å². The topological polar surface area (TPSA) is 104 Å². The van der Waals surface area contributed by atoms with Crippen molar-refractivity contribution < 1.29 is 27.8 Å². The Hall–Kier alpha value is -3.91. The van der Waals surface area contributed by atoms with Crippen molar-refractivity contribution in [3.63, 3.8) is 0 Å². The Kier molecular flexibility index (Phi) is 5.54. The maximum Gasteiger partial charge on any atom is 0.573 e. The molecule has 0 atom stereocenters. The Morgan fingerprint density at radius 2 is 2.00 bits per heavy atom. The lowest BCUT2D eigenvalue weighted by molar-refractivity contribution is -0.274. The fourth-order valence-corrected chi connectivity index (χ4v) is 3.51. The van der Waals surface area contributed by atoms with Crippen LogP contribution in [0.1, 0.15) is 17.2 Å². The molecular formula is C21H16F3N5O3. The van der Waals surface area contributed by atoms with E-state index in [2.05, 4.69) is 20.9 Å². The molecule has 1 saturated heterocycles. The third-order valence-electron chi connectivity index (χ3n) is 4.98. The van der Waals surface area contributed by atoms with Crippen molar-refractivity contribution in [2.75, 3.05) is 19.7 Å². The largest absolute Gasteiger partial charge is 0.573 e. The predicted octanol–water partition coefficient (Wildman–Crippen LogP) is 2.67. The summed E-state index contributed by atoms with van der Waals surface area (Å²) in [6.07, 6.45) is -0.695. The number of nitriles is 1. The zero-order valence-corrected chi connectivity index (χ0v) is 16.5. The number of nitrogens with zero attached hydrogens (tertiary/aromatic N) is 5. The Bertz CT molecular complexity index is 1220. The number of rotatable bonds is 5. The van der Waals surface area contributed by atoms with Crippen LogP contribution >= 0.6 is 0 Å². The maximum atomic E-state index is 12.4. The number of pyridine rings is 1. The molecular weight excluding hydrogens is 427 g/mol. The van der Waals surface area contributed by atoms with E-state index in [0.717, 1.165) is 0 Å². The highest BCUT2D eigenvalue weighted by Gasteiger charge is 2.35. The Morgan fingerprint density at radius 3 is 2.62 bits per heavy atom. The van der Waals surface area contributed by atoms with Crippen molar-refractivity contribution in [1.29, 1.82) is 5.26 Å². The number of aromatic nitrogens is 3. The first-order chi connectivity index (χ1) is 15.3. The molecule has 0 radical (unpaired) electrons. The van der Waals surface area contributed by atoms with E-state index in [9.17, 15) is 23.2 Å². The van der Waals surface area contributed by atoms with Crippen molar-refractivity contribution in [2.45, 2.75) is 12.3 Å². The molecule has 0 saturated carbocycles. The number of fused-ring (bicyclic) bond motifs is 1. The molecule has 1 aliphatic heterocycles. The predicted molar refractivity (Wildman–Crippen MR) is 106 cm³/mol. The van der Waals surface area contributed by atoms with Gasteiger partial charge in [-0.15, -0.1) is 13.2 Å². The van der Waals surface area contributed by atoms with Crippen molar-refractivity contribution in [3.05, 3.63) is 59.9 Å². The van der Waals surface area contributed by atoms with Gasteiger partial charge in [-0.25, -0.2) is 9.67 Å². The zero-order chi connectivity index (χ0) is 22.9. The average Bonchev–Trinajstić information content (AvgIpc) is 3.10. The molecule has 1 aromatic carbocycles. The van der Waals surface area contributed by atoms with Gasteiger partial charge in [0.05, 0.1) is 28.9 Å². The molecule has 0 aliphatic carbocycles. The van der Waals surface area contributed by atoms with E-state index in [0.29, 0.717) is 41.1 Å². The summed E-state index contributed by atoms with van der Waals surface area (Å²) in [5.41, 5.74) is 1.76. The minimum atomic E-state index is -4.80. The molecule has 164 valence electrons. The minimum Gasteiger partial charge on any atom is -0.406 e. The number of hydrogen-bond donors (Lipinski definition) is 1. The van der Waals surface area contributed by atoms with Gasteiger partial charge in [0.2, 0.25) is 5.91 Å². The summed E-state index contributed by atoms with van der Waals surface area (Å²) in [4.78, 5) is 18.0. The molecule has 1 amide bonds. The number of aliphatic hydroxyl groups is 1. The van der Waals surface area contributed by atoms with E-state index < -0.39 is 6.36 Å². The summed E-state index contributed by atoms with van der Waals surface area (Å²) in [5, 5.41) is 23.5. The van der Waals surface area contributed by atoms with Crippen molar-refractivity contribution in [2.24, 2.45) is 0 Å². The van der Waals surface area contributed by atoms with Gasteiger partial charge < -0.3 is 14.7 Å². The molecule has 0 spiro atoms. The number of ether oxygens (including phenoxy) is 1. The molecule has 3 aromatic rings. The SMILES string of the molecule is N#Cc1ccnc2c1c(C1CN(C(=O)/C=C/CO)C1)nn2-c1ccc(OC(F)(F)F)cc1. The van der Waals surface area contributed by atoms with Gasteiger partial charge in [0.25, 0.3) is 0 Å². The number of carbonyl (C=O) groups excluding carboxylic acids is 1. The number of hydrogen-bond acceptors (Lipinski definition) is 6. The van der Waals surface area contributed by atoms with Crippen LogP contribution in [0.4, 0.5) is 13.2 Å². The van der Waals surface area contributed by atoms with Gasteiger partial charge in [0.1, 0.15) is 11.8 Å². The molecule has 8 nitrogen and oxygen atoms in total. The van der Waals surface area contributed by atoms with Gasteiger partial charge in [-0.2, -0.15) is 10.4 Å². The summed E-state index contributed by atoms with van der Waals surface area (Å²) in [6, 6.07) is 8.83. The van der Waals surface area contributed by atoms with Crippen molar-refractivity contribution >= 4 is 16.9 Å². The van der Waals surface area contributed by atoms with Crippen molar-refractivity contribution in [3.8, 4) is 17.5 Å². The fraction of sp³-hybridized carbons (Fsp3) is 0.238. The summed E-state index contributed by atoms with van der Waals surface area (Å²) in [5.74, 6) is -0.750. The monoisotopic (exact) mass is 443 g/mol. The van der Waals surface area contributed by atoms with E-state index in [-0.39, 0.29) is 24.2 Å². The van der Waals surface area contributed by atoms with E-state index in [1.54, 1.807) is 11.0 Å². The van der Waals surface area contributed by atoms with Gasteiger partial charge in [0, 0.05) is 31.3 Å². The van der Waals surface area contributed by atoms with E-state index in [1.165, 1.54) is 47.3 Å². The van der Waals surface area contributed by atoms with Gasteiger partial charge >= 0.3 is 6.36 Å². The summed E-state index contributed by atoms with van der Waals surface area (Å²) < 4.78 is 42.6. The van der Waals surface area contributed by atoms with Gasteiger partial charge in [-0.3, -0.25) is 4.79 Å². The Balaban J connectivity index is 1.68. The lowest BCUT2D eigenvalue weighted by Crippen LogP contribution is -2.48. The first-order valence-corrected chi connectivity index (χ1v) is 9.51. The molecule has 2 aromatic heterocycles. The van der Waals surface area contributed by atoms with Gasteiger partial charge in [-0.05, 0) is 30.3 Å². The van der Waals surface area contributed by atoms with Crippen LogP contribution in [0.2, 0.25) is 0 Å². The third-order valence-corrected chi connectivity index (χ3v) is 4.98. The quantitative estimate of drug-likeness (QED) is 0.608. The Morgan fingerprint density at radius 1 is 1.28 bits per heavy atom. The van der Waals surface area contributed by atoms with Crippen LogP contribution in [-0.4, -0.2) is 56.7 Å². The molecule has 32 heavy (non-hydrogen) atoms. The molecule has 1 N–H and O–H groups in total. The van der Waals surface area contributed by atoms with Crippen LogP contribution in [0, 0.1) is 11.3 Å². The standard InChI is InChI=1S/C21H16F3N5O3/c22-21(23,24)32-16-5-3-15(4-6-16)29-20-18(13(10-25)7-8-26-20)19(27-29)14-11-28(12-14)17(31)2-1-9-30/h1-8,14,30H,9,11-12H2/b2-1+. The molecule has 3 heterocycles. The van der Waals surface area contributed by atoms with Gasteiger partial charge in [0.15, 0.2) is 5.65 Å². The van der Waals surface area contributed by atoms with Crippen LogP contribution < -0.4 is 4.74 Å². The van der Waals surface area contributed by atoms with Crippen LogP contribution in [0.25, 0.3) is 16.7 Å². The highest BCUT2D eigenvalue weighted by molar-refractivity contribution is 5.90. The normalized spacial score (nSPS) is 14.5. The molecule has 1 aliphatic rings. The fourth-order valence-electron chi connectivity index (χ4n) is 3.51. The third kappa shape index (κ3) is 4.13. The number of alkyl halides is 3. The number of carbonyl (C=O) groups is 1. The smallest absolute Gasteiger partial charge is 0.406 e. The second-order valence-electron chi connectivity index (χ2n) is 7.03. The van der Waals surface area contributed by atoms with E-state index >= 15 is 0 Å². The maximum absolute atomic E-state index is 12.4. The summed E-state index contributed by atoms with van der Waals surface area (Å²) in [7, 11) is 0. The lowest BCUT2D eigenvalue weighted by atomic mass is 9.93. The molecule has 4 rings (SSSR count). The van der Waals surface area contributed by atoms with Crippen LogP contribution in [0.15, 0.2) is 48.7 Å². The van der Waals surface area contributed by atoms with Crippen LogP contribution in [0.3, 0.4) is 0 Å². The number of halogens is 3. The molecule has 1 fully saturated rings. The molecule has 11 heteroatoms. The van der Waals surface area contributed by atoms with E-state index in [1.807, 2.05) is 0 Å². The highest BCUT2D eigenvalue weighted by Crippen LogP contribution is 2.34. The first-order valence-electron chi connectivity index (χ1n) is 9.51. The first kappa shape index (κ1) is 21.3. The zero-order valence-electron chi connectivity index (χ0n) is 16.5. The highest BCUT2D eigenvalue weighted by atomic mass is 19.4. The lowest BCUT2D eigenvalue weighted by Gasteiger charge is -2.37. The van der Waals surface area contributed by atoms with Gasteiger partial charge in [-0.1, -0.05) is 6.08 Å². The second kappa shape index (κ2) is 8.32. The second-order valence-corrected chi connectivity index (χ2v) is 7.03.